The Bertz CT molecular complexity index is 1800. The Balaban J connectivity index is 1.50. The number of aliphatic hydroxyl groups excluding tert-OH is 1. The SMILES string of the molecule is Cc1cc2c(CN(N)/C=C(\N)c3cccc(N)c3)c3c(nc2cc1F)-c1cc2c(c(=O)n1C3)COC(=O)C2O. The van der Waals surface area contributed by atoms with Gasteiger partial charge in [0, 0.05) is 40.0 Å². The Morgan fingerprint density at radius 1 is 1.26 bits per heavy atom. The fourth-order valence-electron chi connectivity index (χ4n) is 5.22. The molecule has 11 heteroatoms. The molecule has 0 amide bonds. The zero-order valence-electron chi connectivity index (χ0n) is 20.9. The largest absolute Gasteiger partial charge is 0.458 e. The molecule has 0 aliphatic carbocycles. The second kappa shape index (κ2) is 8.93. The summed E-state index contributed by atoms with van der Waals surface area (Å²) in [4.78, 5) is 30.1. The first-order valence-electron chi connectivity index (χ1n) is 12.2. The maximum Gasteiger partial charge on any atom is 0.340 e. The van der Waals surface area contributed by atoms with Crippen LogP contribution >= 0.6 is 0 Å². The Kier molecular flexibility index (Phi) is 5.63. The second-order valence-corrected chi connectivity index (χ2v) is 9.78. The van der Waals surface area contributed by atoms with Gasteiger partial charge in [-0.05, 0) is 42.3 Å². The summed E-state index contributed by atoms with van der Waals surface area (Å²) in [7, 11) is 0. The lowest BCUT2D eigenvalue weighted by molar-refractivity contribution is -0.157. The smallest absolute Gasteiger partial charge is 0.340 e. The normalized spacial score (nSPS) is 16.1. The molecule has 10 nitrogen and oxygen atoms in total. The van der Waals surface area contributed by atoms with Crippen molar-refractivity contribution in [3.05, 3.63) is 98.2 Å². The van der Waals surface area contributed by atoms with Gasteiger partial charge in [0.1, 0.15) is 12.4 Å². The van der Waals surface area contributed by atoms with Crippen molar-refractivity contribution in [3.63, 3.8) is 0 Å². The van der Waals surface area contributed by atoms with Crippen LogP contribution in [0.25, 0.3) is 28.0 Å². The average Bonchev–Trinajstić information content (AvgIpc) is 3.26. The van der Waals surface area contributed by atoms with E-state index in [1.54, 1.807) is 43.5 Å². The van der Waals surface area contributed by atoms with E-state index in [1.165, 1.54) is 15.6 Å². The van der Waals surface area contributed by atoms with Crippen molar-refractivity contribution < 1.29 is 19.0 Å². The first kappa shape index (κ1) is 24.6. The van der Waals surface area contributed by atoms with Gasteiger partial charge < -0.3 is 30.9 Å². The number of nitrogens with two attached hydrogens (primary N) is 3. The molecule has 2 aliphatic heterocycles. The minimum atomic E-state index is -1.57. The molecule has 1 atom stereocenters. The summed E-state index contributed by atoms with van der Waals surface area (Å²) in [5.41, 5.74) is 17.0. The summed E-state index contributed by atoms with van der Waals surface area (Å²) in [5, 5.41) is 12.5. The number of nitrogens with zero attached hydrogens (tertiary/aromatic N) is 3. The maximum absolute atomic E-state index is 14.6. The van der Waals surface area contributed by atoms with Crippen LogP contribution in [0, 0.1) is 12.7 Å². The van der Waals surface area contributed by atoms with Crippen LogP contribution in [0.2, 0.25) is 0 Å². The van der Waals surface area contributed by atoms with Crippen molar-refractivity contribution in [2.45, 2.75) is 32.7 Å². The van der Waals surface area contributed by atoms with Crippen molar-refractivity contribution in [1.82, 2.24) is 14.6 Å². The Hall–Kier alpha value is -4.74. The monoisotopic (exact) mass is 528 g/mol. The number of ether oxygens (including phenoxy) is 1. The highest BCUT2D eigenvalue weighted by Gasteiger charge is 2.34. The molecule has 198 valence electrons. The standard InChI is InChI=1S/C28H25FN6O4/c1-13-5-16-18(9-34(32)11-22(31)14-3-2-4-15(30)6-14)19-10-35-24(25(19)33-23(16)8-21(13)29)7-17-20(27(35)37)12-39-28(38)26(17)36/h2-8,11,26,36H,9-10,12,30-32H2,1H3/b22-11-. The van der Waals surface area contributed by atoms with Gasteiger partial charge in [0.2, 0.25) is 0 Å². The number of carbonyl (C=O) groups is 1. The molecule has 0 bridgehead atoms. The molecule has 39 heavy (non-hydrogen) atoms. The summed E-state index contributed by atoms with van der Waals surface area (Å²) < 4.78 is 21.1. The molecular formula is C28H25FN6O4. The molecule has 4 aromatic rings. The summed E-state index contributed by atoms with van der Waals surface area (Å²) in [6.07, 6.45) is 0.00639. The minimum absolute atomic E-state index is 0.169. The zero-order chi connectivity index (χ0) is 27.6. The fourth-order valence-corrected chi connectivity index (χ4v) is 5.22. The van der Waals surface area contributed by atoms with Gasteiger partial charge >= 0.3 is 5.97 Å². The van der Waals surface area contributed by atoms with Gasteiger partial charge in [-0.1, -0.05) is 12.1 Å². The van der Waals surface area contributed by atoms with Crippen LogP contribution in [0.4, 0.5) is 10.1 Å². The Labute approximate surface area is 221 Å². The van der Waals surface area contributed by atoms with Gasteiger partial charge in [0.05, 0.1) is 41.3 Å². The number of halogens is 1. The molecule has 1 unspecified atom stereocenters. The second-order valence-electron chi connectivity index (χ2n) is 9.78. The van der Waals surface area contributed by atoms with Gasteiger partial charge in [-0.2, -0.15) is 0 Å². The molecule has 0 spiro atoms. The molecule has 0 fully saturated rings. The lowest BCUT2D eigenvalue weighted by Gasteiger charge is -2.21. The molecule has 4 heterocycles. The van der Waals surface area contributed by atoms with Crippen molar-refractivity contribution in [2.75, 3.05) is 5.73 Å². The summed E-state index contributed by atoms with van der Waals surface area (Å²) in [5.74, 6) is 5.16. The van der Waals surface area contributed by atoms with Crippen LogP contribution < -0.4 is 22.9 Å². The molecular weight excluding hydrogens is 503 g/mol. The number of cyclic esters (lactones) is 1. The van der Waals surface area contributed by atoms with Gasteiger partial charge in [-0.15, -0.1) is 0 Å². The van der Waals surface area contributed by atoms with Gasteiger partial charge in [-0.3, -0.25) is 4.79 Å². The number of hydrogen-bond donors (Lipinski definition) is 4. The molecule has 2 aliphatic rings. The van der Waals surface area contributed by atoms with E-state index >= 15 is 0 Å². The Morgan fingerprint density at radius 2 is 2.05 bits per heavy atom. The van der Waals surface area contributed by atoms with Crippen LogP contribution in [-0.2, 0) is 29.2 Å². The highest BCUT2D eigenvalue weighted by molar-refractivity contribution is 5.89. The number of aromatic nitrogens is 2. The van der Waals surface area contributed by atoms with E-state index < -0.39 is 17.9 Å². The van der Waals surface area contributed by atoms with Gasteiger partial charge in [0.25, 0.3) is 5.56 Å². The highest BCUT2D eigenvalue weighted by Crippen LogP contribution is 2.38. The third-order valence-electron chi connectivity index (χ3n) is 7.22. The molecule has 2 aromatic carbocycles. The van der Waals surface area contributed by atoms with Crippen LogP contribution in [-0.4, -0.2) is 25.6 Å². The number of rotatable bonds is 4. The van der Waals surface area contributed by atoms with Crippen molar-refractivity contribution in [3.8, 4) is 11.4 Å². The Morgan fingerprint density at radius 3 is 2.82 bits per heavy atom. The third kappa shape index (κ3) is 3.99. The quantitative estimate of drug-likeness (QED) is 0.118. The summed E-state index contributed by atoms with van der Waals surface area (Å²) >= 11 is 0. The number of esters is 1. The third-order valence-corrected chi connectivity index (χ3v) is 7.22. The minimum Gasteiger partial charge on any atom is -0.458 e. The number of hydrazine groups is 1. The number of benzene rings is 2. The van der Waals surface area contributed by atoms with Crippen molar-refractivity contribution in [1.29, 1.82) is 0 Å². The van der Waals surface area contributed by atoms with Gasteiger partial charge in [-0.25, -0.2) is 20.0 Å². The number of anilines is 1. The number of hydrogen-bond acceptors (Lipinski definition) is 9. The van der Waals surface area contributed by atoms with E-state index in [2.05, 4.69) is 0 Å². The predicted octanol–water partition coefficient (Wildman–Crippen LogP) is 2.18. The number of carbonyl (C=O) groups excluding carboxylic acids is 1. The van der Waals surface area contributed by atoms with E-state index in [0.29, 0.717) is 44.8 Å². The van der Waals surface area contributed by atoms with E-state index in [9.17, 15) is 19.1 Å². The number of pyridine rings is 2. The molecule has 2 aromatic heterocycles. The molecule has 0 saturated heterocycles. The molecule has 0 saturated carbocycles. The molecule has 7 N–H and O–H groups in total. The maximum atomic E-state index is 14.6. The lowest BCUT2D eigenvalue weighted by atomic mass is 9.97. The zero-order valence-corrected chi connectivity index (χ0v) is 20.9. The van der Waals surface area contributed by atoms with E-state index in [-0.39, 0.29) is 36.4 Å². The van der Waals surface area contributed by atoms with Crippen LogP contribution in [0.5, 0.6) is 0 Å². The first-order chi connectivity index (χ1) is 18.6. The van der Waals surface area contributed by atoms with Gasteiger partial charge in [0.15, 0.2) is 6.10 Å². The topological polar surface area (TPSA) is 163 Å². The van der Waals surface area contributed by atoms with Crippen molar-refractivity contribution in [2.24, 2.45) is 11.6 Å². The number of fused-ring (bicyclic) bond motifs is 5. The van der Waals surface area contributed by atoms with Crippen LogP contribution in [0.1, 0.15) is 39.5 Å². The van der Waals surface area contributed by atoms with E-state index in [0.717, 1.165) is 11.1 Å². The predicted molar refractivity (Wildman–Crippen MR) is 143 cm³/mol. The van der Waals surface area contributed by atoms with Crippen molar-refractivity contribution >= 4 is 28.3 Å². The number of nitrogen functional groups attached to an aromatic ring is 1. The van der Waals surface area contributed by atoms with E-state index in [1.807, 2.05) is 6.07 Å². The molecule has 0 radical (unpaired) electrons. The van der Waals surface area contributed by atoms with Crippen LogP contribution in [0.3, 0.4) is 0 Å². The molecule has 6 rings (SSSR count). The summed E-state index contributed by atoms with van der Waals surface area (Å²) in [6.45, 7) is 1.79. The fraction of sp³-hybridized carbons (Fsp3) is 0.179. The van der Waals surface area contributed by atoms with E-state index in [4.69, 9.17) is 27.0 Å². The average molecular weight is 529 g/mol. The first-order valence-corrected chi connectivity index (χ1v) is 12.2. The van der Waals surface area contributed by atoms with Crippen LogP contribution in [0.15, 0.2) is 53.5 Å². The highest BCUT2D eigenvalue weighted by atomic mass is 19.1. The number of aliphatic hydroxyl groups is 1. The number of aryl methyl sites for hydroxylation is 1. The summed E-state index contributed by atoms with van der Waals surface area (Å²) in [6, 6.07) is 11.7. The lowest BCUT2D eigenvalue weighted by Crippen LogP contribution is -2.32.